The van der Waals surface area contributed by atoms with Crippen LogP contribution in [-0.4, -0.2) is 48.2 Å². The summed E-state index contributed by atoms with van der Waals surface area (Å²) in [5.41, 5.74) is 7.49. The average Bonchev–Trinajstić information content (AvgIpc) is 3.30. The zero-order valence-electron chi connectivity index (χ0n) is 20.2. The number of alkyl halides is 3. The van der Waals surface area contributed by atoms with Crippen molar-refractivity contribution in [2.24, 2.45) is 0 Å². The molecule has 1 amide bonds. The number of pyridine rings is 2. The van der Waals surface area contributed by atoms with Crippen LogP contribution in [0, 0.1) is 11.8 Å². The first-order valence-corrected chi connectivity index (χ1v) is 11.8. The van der Waals surface area contributed by atoms with Crippen LogP contribution in [0.1, 0.15) is 36.9 Å². The molecule has 0 spiro atoms. The second-order valence-electron chi connectivity index (χ2n) is 8.68. The first kappa shape index (κ1) is 25.0. The van der Waals surface area contributed by atoms with Crippen molar-refractivity contribution in [3.63, 3.8) is 0 Å². The molecule has 0 aromatic carbocycles. The third kappa shape index (κ3) is 4.95. The maximum Gasteiger partial charge on any atom is 0.416 e. The van der Waals surface area contributed by atoms with Gasteiger partial charge in [0.1, 0.15) is 5.82 Å². The van der Waals surface area contributed by atoms with Crippen molar-refractivity contribution in [1.29, 1.82) is 0 Å². The quantitative estimate of drug-likeness (QED) is 0.399. The molecule has 0 aliphatic carbocycles. The number of imidazole rings is 1. The first-order chi connectivity index (χ1) is 18.2. The number of ether oxygens (including phenoxy) is 1. The molecule has 1 atom stereocenters. The van der Waals surface area contributed by atoms with Gasteiger partial charge in [-0.2, -0.15) is 13.2 Å². The van der Waals surface area contributed by atoms with E-state index >= 15 is 0 Å². The number of carbonyl (C=O) groups is 1. The van der Waals surface area contributed by atoms with Crippen LogP contribution in [0.25, 0.3) is 16.9 Å². The maximum absolute atomic E-state index is 13.0. The number of rotatable bonds is 4. The second-order valence-corrected chi connectivity index (χ2v) is 8.68. The van der Waals surface area contributed by atoms with Crippen LogP contribution in [-0.2, 0) is 11.0 Å². The lowest BCUT2D eigenvalue weighted by atomic mass is 9.94. The summed E-state index contributed by atoms with van der Waals surface area (Å²) in [5, 5.41) is 0. The van der Waals surface area contributed by atoms with E-state index in [4.69, 9.17) is 15.5 Å². The number of piperidine rings is 1. The van der Waals surface area contributed by atoms with Crippen molar-refractivity contribution in [2.75, 3.05) is 18.8 Å². The Kier molecular flexibility index (Phi) is 6.59. The molecule has 1 saturated heterocycles. The molecule has 2 N–H and O–H groups in total. The third-order valence-electron chi connectivity index (χ3n) is 6.20. The number of fused-ring (bicyclic) bond motifs is 1. The van der Waals surface area contributed by atoms with Crippen molar-refractivity contribution in [3.8, 4) is 35.0 Å². The van der Waals surface area contributed by atoms with E-state index in [2.05, 4.69) is 26.8 Å². The molecule has 1 aliphatic heterocycles. The molecule has 4 aromatic heterocycles. The van der Waals surface area contributed by atoms with Crippen LogP contribution in [0.2, 0.25) is 0 Å². The fourth-order valence-electron chi connectivity index (χ4n) is 4.47. The molecule has 4 aromatic rings. The highest BCUT2D eigenvalue weighted by Crippen LogP contribution is 2.34. The van der Waals surface area contributed by atoms with E-state index in [9.17, 15) is 18.0 Å². The topological polar surface area (TPSA) is 112 Å². The van der Waals surface area contributed by atoms with Gasteiger partial charge in [-0.3, -0.25) is 9.20 Å². The number of amides is 1. The van der Waals surface area contributed by atoms with Gasteiger partial charge in [-0.1, -0.05) is 5.92 Å². The number of hydrogen-bond donors (Lipinski definition) is 1. The van der Waals surface area contributed by atoms with Gasteiger partial charge in [0.2, 0.25) is 17.7 Å². The van der Waals surface area contributed by atoms with Crippen LogP contribution < -0.4 is 10.5 Å². The minimum Gasteiger partial charge on any atom is -0.421 e. The molecule has 1 aliphatic rings. The van der Waals surface area contributed by atoms with Gasteiger partial charge in [0.15, 0.2) is 0 Å². The molecular formula is C26H22F3N7O2. The van der Waals surface area contributed by atoms with Crippen molar-refractivity contribution in [3.05, 3.63) is 60.2 Å². The molecule has 12 heteroatoms. The number of carbonyl (C=O) groups excluding carboxylic acids is 1. The summed E-state index contributed by atoms with van der Waals surface area (Å²) in [6.07, 6.45) is 1.25. The van der Waals surface area contributed by atoms with E-state index in [-0.39, 0.29) is 29.5 Å². The average molecular weight is 522 g/mol. The number of anilines is 1. The van der Waals surface area contributed by atoms with Crippen molar-refractivity contribution < 1.29 is 22.7 Å². The molecule has 0 radical (unpaired) electrons. The van der Waals surface area contributed by atoms with Gasteiger partial charge in [0.25, 0.3) is 5.91 Å². The van der Waals surface area contributed by atoms with Crippen LogP contribution in [0.15, 0.2) is 48.9 Å². The highest BCUT2D eigenvalue weighted by atomic mass is 19.4. The van der Waals surface area contributed by atoms with E-state index in [0.717, 1.165) is 42.4 Å². The number of nitrogen functional groups attached to an aromatic ring is 1. The van der Waals surface area contributed by atoms with Crippen LogP contribution >= 0.6 is 0 Å². The lowest BCUT2D eigenvalue weighted by molar-refractivity contribution is -0.137. The fraction of sp³-hybridized carbons (Fsp3) is 0.269. The summed E-state index contributed by atoms with van der Waals surface area (Å²) >= 11 is 0. The second kappa shape index (κ2) is 10.0. The predicted octanol–water partition coefficient (Wildman–Crippen LogP) is 4.31. The predicted molar refractivity (Wildman–Crippen MR) is 132 cm³/mol. The van der Waals surface area contributed by atoms with Gasteiger partial charge in [-0.25, -0.2) is 19.9 Å². The normalized spacial score (nSPS) is 15.7. The van der Waals surface area contributed by atoms with Crippen molar-refractivity contribution >= 4 is 17.4 Å². The third-order valence-corrected chi connectivity index (χ3v) is 6.20. The minimum atomic E-state index is -4.52. The summed E-state index contributed by atoms with van der Waals surface area (Å²) in [6.45, 7) is 2.75. The van der Waals surface area contributed by atoms with Crippen LogP contribution in [0.3, 0.4) is 0 Å². The summed E-state index contributed by atoms with van der Waals surface area (Å²) in [5.74, 6) is 5.57. The molecule has 9 nitrogen and oxygen atoms in total. The standard InChI is InChI=1S/C26H22F3N7O2/c1-2-4-22(37)35-12-3-5-17(15-35)23-19-9-11-32-25(30)36(19)24(34-23)16-6-7-20(33-14-16)38-21-13-18(8-10-31-21)26(27,28)29/h6-11,13-14,17H,3,5,12,15H2,1H3,(H2,30,32). The van der Waals surface area contributed by atoms with Gasteiger partial charge in [-0.05, 0) is 43.9 Å². The Labute approximate surface area is 215 Å². The van der Waals surface area contributed by atoms with Gasteiger partial charge in [0, 0.05) is 55.3 Å². The summed E-state index contributed by atoms with van der Waals surface area (Å²) in [4.78, 5) is 31.2. The minimum absolute atomic E-state index is 0.0283. The molecule has 0 bridgehead atoms. The van der Waals surface area contributed by atoms with Crippen molar-refractivity contribution in [2.45, 2.75) is 31.9 Å². The Bertz CT molecular complexity index is 1560. The highest BCUT2D eigenvalue weighted by molar-refractivity contribution is 5.93. The zero-order valence-corrected chi connectivity index (χ0v) is 20.2. The summed E-state index contributed by atoms with van der Waals surface area (Å²) < 4.78 is 46.1. The number of nitrogens with zero attached hydrogens (tertiary/aromatic N) is 6. The fourth-order valence-corrected chi connectivity index (χ4v) is 4.47. The lowest BCUT2D eigenvalue weighted by Gasteiger charge is -2.30. The van der Waals surface area contributed by atoms with E-state index in [1.165, 1.54) is 12.3 Å². The number of likely N-dealkylation sites (tertiary alicyclic amines) is 1. The van der Waals surface area contributed by atoms with Gasteiger partial charge in [-0.15, -0.1) is 0 Å². The molecular weight excluding hydrogens is 499 g/mol. The Morgan fingerprint density at radius 3 is 2.68 bits per heavy atom. The van der Waals surface area contributed by atoms with Crippen molar-refractivity contribution in [1.82, 2.24) is 29.2 Å². The van der Waals surface area contributed by atoms with Crippen LogP contribution in [0.5, 0.6) is 11.8 Å². The highest BCUT2D eigenvalue weighted by Gasteiger charge is 2.31. The molecule has 0 saturated carbocycles. The monoisotopic (exact) mass is 521 g/mol. The number of hydrogen-bond acceptors (Lipinski definition) is 7. The Hall–Kier alpha value is -4.66. The van der Waals surface area contributed by atoms with E-state index in [1.807, 2.05) is 6.07 Å². The Balaban J connectivity index is 1.45. The Morgan fingerprint density at radius 2 is 1.95 bits per heavy atom. The number of halogens is 3. The summed E-state index contributed by atoms with van der Waals surface area (Å²) in [6, 6.07) is 6.67. The molecule has 1 unspecified atom stereocenters. The maximum atomic E-state index is 13.0. The number of nitrogens with two attached hydrogens (primary N) is 1. The molecule has 194 valence electrons. The van der Waals surface area contributed by atoms with E-state index < -0.39 is 11.7 Å². The number of aromatic nitrogens is 5. The van der Waals surface area contributed by atoms with E-state index in [1.54, 1.807) is 28.5 Å². The zero-order chi connectivity index (χ0) is 26.9. The molecule has 5 heterocycles. The van der Waals surface area contributed by atoms with Gasteiger partial charge in [0.05, 0.1) is 16.8 Å². The van der Waals surface area contributed by atoms with Gasteiger partial charge >= 0.3 is 6.18 Å². The molecule has 38 heavy (non-hydrogen) atoms. The largest absolute Gasteiger partial charge is 0.421 e. The molecule has 1 fully saturated rings. The van der Waals surface area contributed by atoms with Gasteiger partial charge < -0.3 is 15.4 Å². The summed E-state index contributed by atoms with van der Waals surface area (Å²) in [7, 11) is 0. The lowest BCUT2D eigenvalue weighted by Crippen LogP contribution is -2.38. The first-order valence-electron chi connectivity index (χ1n) is 11.8. The smallest absolute Gasteiger partial charge is 0.416 e. The molecule has 5 rings (SSSR count). The van der Waals surface area contributed by atoms with E-state index in [0.29, 0.717) is 24.5 Å². The van der Waals surface area contributed by atoms with Crippen LogP contribution in [0.4, 0.5) is 19.1 Å². The Morgan fingerprint density at radius 1 is 1.13 bits per heavy atom. The SMILES string of the molecule is CC#CC(=O)N1CCCC(c2nc(-c3ccc(Oc4cc(C(F)(F)F)ccn4)nc3)n3c(N)nccc23)C1.